The minimum Gasteiger partial charge on any atom is -0.357 e. The molecule has 1 fully saturated rings. The molecule has 0 bridgehead atoms. The normalized spacial score (nSPS) is 16.2. The van der Waals surface area contributed by atoms with Crippen LogP contribution in [0, 0.1) is 12.8 Å². The minimum atomic E-state index is 0.843. The van der Waals surface area contributed by atoms with E-state index >= 15 is 0 Å². The molecule has 1 aliphatic carbocycles. The van der Waals surface area contributed by atoms with E-state index in [9.17, 15) is 0 Å². The quantitative estimate of drug-likeness (QED) is 0.441. The zero-order valence-corrected chi connectivity index (χ0v) is 14.1. The molecule has 0 radical (unpaired) electrons. The van der Waals surface area contributed by atoms with Gasteiger partial charge in [0, 0.05) is 25.8 Å². The van der Waals surface area contributed by atoms with Crippen LogP contribution in [-0.4, -0.2) is 35.4 Å². The van der Waals surface area contributed by atoms with Gasteiger partial charge in [-0.1, -0.05) is 25.7 Å². The van der Waals surface area contributed by atoms with Crippen LogP contribution in [0.15, 0.2) is 17.4 Å². The van der Waals surface area contributed by atoms with Gasteiger partial charge < -0.3 is 10.6 Å². The Labute approximate surface area is 134 Å². The largest absolute Gasteiger partial charge is 0.357 e. The Bertz CT molecular complexity index is 446. The van der Waals surface area contributed by atoms with Gasteiger partial charge >= 0.3 is 0 Å². The third-order valence-corrected chi connectivity index (χ3v) is 4.26. The van der Waals surface area contributed by atoms with Crippen molar-refractivity contribution in [2.45, 2.75) is 58.9 Å². The first-order chi connectivity index (χ1) is 10.8. The molecule has 2 rings (SSSR count). The van der Waals surface area contributed by atoms with Crippen LogP contribution < -0.4 is 10.6 Å². The topological polar surface area (TPSA) is 54.2 Å². The predicted octanol–water partition coefficient (Wildman–Crippen LogP) is 2.72. The number of aromatic nitrogens is 2. The predicted molar refractivity (Wildman–Crippen MR) is 92.1 cm³/mol. The number of nitrogens with one attached hydrogen (secondary N) is 2. The maximum Gasteiger partial charge on any atom is 0.191 e. The molecule has 1 aliphatic rings. The first-order valence-corrected chi connectivity index (χ1v) is 8.79. The highest BCUT2D eigenvalue weighted by molar-refractivity contribution is 5.79. The highest BCUT2D eigenvalue weighted by Gasteiger charge is 2.13. The van der Waals surface area contributed by atoms with Crippen LogP contribution in [0.3, 0.4) is 0 Å². The SMILES string of the molecule is CCNC(=NCCCC1CCCC1)NCCn1cc(C)cn1. The molecule has 124 valence electrons. The van der Waals surface area contributed by atoms with Crippen LogP contribution in [0.4, 0.5) is 0 Å². The molecule has 0 atom stereocenters. The fourth-order valence-electron chi connectivity index (χ4n) is 3.09. The Morgan fingerprint density at radius 3 is 2.86 bits per heavy atom. The summed E-state index contributed by atoms with van der Waals surface area (Å²) in [7, 11) is 0. The molecule has 0 amide bonds. The van der Waals surface area contributed by atoms with Crippen molar-refractivity contribution in [1.82, 2.24) is 20.4 Å². The minimum absolute atomic E-state index is 0.843. The molecule has 22 heavy (non-hydrogen) atoms. The molecule has 1 saturated carbocycles. The highest BCUT2D eigenvalue weighted by Crippen LogP contribution is 2.28. The van der Waals surface area contributed by atoms with Gasteiger partial charge in [-0.2, -0.15) is 5.10 Å². The monoisotopic (exact) mass is 305 g/mol. The van der Waals surface area contributed by atoms with Gasteiger partial charge in [0.05, 0.1) is 12.7 Å². The highest BCUT2D eigenvalue weighted by atomic mass is 15.3. The second-order valence-corrected chi connectivity index (χ2v) is 6.26. The third kappa shape index (κ3) is 6.08. The van der Waals surface area contributed by atoms with Gasteiger partial charge in [-0.05, 0) is 38.2 Å². The molecule has 1 aromatic rings. The van der Waals surface area contributed by atoms with Crippen molar-refractivity contribution >= 4 is 5.96 Å². The van der Waals surface area contributed by atoms with Crippen molar-refractivity contribution in [1.29, 1.82) is 0 Å². The van der Waals surface area contributed by atoms with Crippen LogP contribution >= 0.6 is 0 Å². The van der Waals surface area contributed by atoms with E-state index in [-0.39, 0.29) is 0 Å². The lowest BCUT2D eigenvalue weighted by Gasteiger charge is -2.12. The van der Waals surface area contributed by atoms with Gasteiger partial charge in [0.25, 0.3) is 0 Å². The van der Waals surface area contributed by atoms with E-state index in [4.69, 9.17) is 0 Å². The summed E-state index contributed by atoms with van der Waals surface area (Å²) in [5, 5.41) is 11.0. The maximum atomic E-state index is 4.68. The van der Waals surface area contributed by atoms with Crippen LogP contribution in [-0.2, 0) is 6.54 Å². The van der Waals surface area contributed by atoms with Crippen molar-refractivity contribution in [3.8, 4) is 0 Å². The molecular weight excluding hydrogens is 274 g/mol. The average molecular weight is 305 g/mol. The Balaban J connectivity index is 1.65. The zero-order valence-electron chi connectivity index (χ0n) is 14.1. The van der Waals surface area contributed by atoms with Gasteiger partial charge in [0.1, 0.15) is 0 Å². The van der Waals surface area contributed by atoms with E-state index in [1.54, 1.807) is 0 Å². The third-order valence-electron chi connectivity index (χ3n) is 4.26. The van der Waals surface area contributed by atoms with Crippen LogP contribution in [0.1, 0.15) is 51.0 Å². The van der Waals surface area contributed by atoms with Crippen molar-refractivity contribution in [3.63, 3.8) is 0 Å². The molecule has 1 heterocycles. The number of aryl methyl sites for hydroxylation is 1. The van der Waals surface area contributed by atoms with Crippen LogP contribution in [0.2, 0.25) is 0 Å². The summed E-state index contributed by atoms with van der Waals surface area (Å²) in [5.74, 6) is 1.89. The fourth-order valence-corrected chi connectivity index (χ4v) is 3.09. The van der Waals surface area contributed by atoms with E-state index < -0.39 is 0 Å². The summed E-state index contributed by atoms with van der Waals surface area (Å²) >= 11 is 0. The van der Waals surface area contributed by atoms with Crippen molar-refractivity contribution < 1.29 is 0 Å². The van der Waals surface area contributed by atoms with E-state index in [2.05, 4.69) is 40.8 Å². The van der Waals surface area contributed by atoms with Crippen molar-refractivity contribution in [2.75, 3.05) is 19.6 Å². The zero-order chi connectivity index (χ0) is 15.6. The number of aliphatic imine (C=N–C) groups is 1. The lowest BCUT2D eigenvalue weighted by atomic mass is 10.0. The molecular formula is C17H31N5. The Morgan fingerprint density at radius 1 is 1.36 bits per heavy atom. The fraction of sp³-hybridized carbons (Fsp3) is 0.765. The summed E-state index contributed by atoms with van der Waals surface area (Å²) in [6, 6.07) is 0. The van der Waals surface area contributed by atoms with E-state index in [1.165, 1.54) is 44.1 Å². The number of hydrogen-bond donors (Lipinski definition) is 2. The molecule has 0 unspecified atom stereocenters. The second kappa shape index (κ2) is 9.49. The Kier molecular flexibility index (Phi) is 7.26. The van der Waals surface area contributed by atoms with Gasteiger partial charge in [0.15, 0.2) is 5.96 Å². The summed E-state index contributed by atoms with van der Waals surface area (Å²) in [5.41, 5.74) is 1.20. The first-order valence-electron chi connectivity index (χ1n) is 8.79. The van der Waals surface area contributed by atoms with Crippen LogP contribution in [0.5, 0.6) is 0 Å². The molecule has 0 aromatic carbocycles. The van der Waals surface area contributed by atoms with E-state index in [0.717, 1.165) is 38.1 Å². The van der Waals surface area contributed by atoms with Gasteiger partial charge in [0.2, 0.25) is 0 Å². The first kappa shape index (κ1) is 16.8. The van der Waals surface area contributed by atoms with E-state index in [1.807, 2.05) is 10.9 Å². The molecule has 5 heteroatoms. The summed E-state index contributed by atoms with van der Waals surface area (Å²) in [4.78, 5) is 4.68. The number of rotatable bonds is 8. The number of guanidine groups is 1. The van der Waals surface area contributed by atoms with E-state index in [0.29, 0.717) is 0 Å². The molecule has 1 aromatic heterocycles. The average Bonchev–Trinajstić information content (AvgIpc) is 3.15. The molecule has 0 spiro atoms. The maximum absolute atomic E-state index is 4.68. The lowest BCUT2D eigenvalue weighted by molar-refractivity contribution is 0.487. The molecule has 5 nitrogen and oxygen atoms in total. The second-order valence-electron chi connectivity index (χ2n) is 6.26. The standard InChI is InChI=1S/C17H31N5/c1-3-18-17(19-10-6-9-16-7-4-5-8-16)20-11-12-22-14-15(2)13-21-22/h13-14,16H,3-12H2,1-2H3,(H2,18,19,20). The van der Waals surface area contributed by atoms with Crippen molar-refractivity contribution in [2.24, 2.45) is 10.9 Å². The summed E-state index contributed by atoms with van der Waals surface area (Å²) in [6.07, 6.45) is 12.2. The summed E-state index contributed by atoms with van der Waals surface area (Å²) < 4.78 is 1.96. The lowest BCUT2D eigenvalue weighted by Crippen LogP contribution is -2.39. The van der Waals surface area contributed by atoms with Crippen LogP contribution in [0.25, 0.3) is 0 Å². The molecule has 0 aliphatic heterocycles. The summed E-state index contributed by atoms with van der Waals surface area (Å²) in [6.45, 7) is 7.69. The van der Waals surface area contributed by atoms with Crippen molar-refractivity contribution in [3.05, 3.63) is 18.0 Å². The smallest absolute Gasteiger partial charge is 0.191 e. The van der Waals surface area contributed by atoms with Gasteiger partial charge in [-0.3, -0.25) is 9.67 Å². The van der Waals surface area contributed by atoms with Gasteiger partial charge in [-0.15, -0.1) is 0 Å². The molecule has 0 saturated heterocycles. The Morgan fingerprint density at radius 2 is 2.18 bits per heavy atom. The number of hydrogen-bond acceptors (Lipinski definition) is 2. The number of nitrogens with zero attached hydrogens (tertiary/aromatic N) is 3. The Hall–Kier alpha value is -1.52. The molecule has 2 N–H and O–H groups in total. The van der Waals surface area contributed by atoms with Gasteiger partial charge in [-0.25, -0.2) is 0 Å².